The molecule has 0 spiro atoms. The van der Waals surface area contributed by atoms with E-state index >= 15 is 0 Å². The Labute approximate surface area is 114 Å². The monoisotopic (exact) mass is 255 g/mol. The number of nitrogens with zero attached hydrogens (tertiary/aromatic N) is 1. The molecule has 1 aliphatic carbocycles. The van der Waals surface area contributed by atoms with E-state index in [4.69, 9.17) is 4.74 Å². The molecule has 0 N–H and O–H groups in total. The Bertz CT molecular complexity index is 186. The van der Waals surface area contributed by atoms with Crippen LogP contribution in [0.5, 0.6) is 0 Å². The quantitative estimate of drug-likeness (QED) is 0.615. The lowest BCUT2D eigenvalue weighted by Crippen LogP contribution is -2.45. The van der Waals surface area contributed by atoms with Crippen LogP contribution in [-0.2, 0) is 4.74 Å². The second kappa shape index (κ2) is 9.80. The minimum atomic E-state index is 0.775. The minimum absolute atomic E-state index is 0.775. The number of hydrogen-bond donors (Lipinski definition) is 0. The molecule has 1 saturated carbocycles. The van der Waals surface area contributed by atoms with Crippen LogP contribution in [0.2, 0.25) is 0 Å². The topological polar surface area (TPSA) is 12.5 Å². The van der Waals surface area contributed by atoms with Crippen molar-refractivity contribution in [2.45, 2.75) is 71.3 Å². The first-order chi connectivity index (χ1) is 8.83. The van der Waals surface area contributed by atoms with Gasteiger partial charge in [-0.1, -0.05) is 39.5 Å². The zero-order valence-electron chi connectivity index (χ0n) is 12.8. The Kier molecular flexibility index (Phi) is 8.70. The summed E-state index contributed by atoms with van der Waals surface area (Å²) < 4.78 is 5.44. The molecule has 0 amide bonds. The van der Waals surface area contributed by atoms with Gasteiger partial charge in [0.2, 0.25) is 0 Å². The van der Waals surface area contributed by atoms with Crippen molar-refractivity contribution in [2.75, 3.05) is 26.8 Å². The maximum Gasteiger partial charge on any atom is 0.0505 e. The van der Waals surface area contributed by atoms with E-state index in [9.17, 15) is 0 Å². The van der Waals surface area contributed by atoms with Gasteiger partial charge in [-0.3, -0.25) is 0 Å². The highest BCUT2D eigenvalue weighted by molar-refractivity contribution is 4.83. The van der Waals surface area contributed by atoms with Crippen molar-refractivity contribution >= 4 is 0 Å². The highest BCUT2D eigenvalue weighted by Crippen LogP contribution is 2.29. The van der Waals surface area contributed by atoms with Crippen LogP contribution < -0.4 is 0 Å². The highest BCUT2D eigenvalue weighted by atomic mass is 16.5. The van der Waals surface area contributed by atoms with E-state index in [1.165, 1.54) is 64.5 Å². The van der Waals surface area contributed by atoms with Crippen molar-refractivity contribution in [1.82, 2.24) is 4.90 Å². The van der Waals surface area contributed by atoms with Gasteiger partial charge in [0.15, 0.2) is 0 Å². The SMILES string of the molecule is CCCCN(CCCC)[C@@H]1CCCC[C@H]1COC. The molecule has 0 heterocycles. The second-order valence-corrected chi connectivity index (χ2v) is 5.81. The minimum Gasteiger partial charge on any atom is -0.384 e. The molecule has 108 valence electrons. The number of methoxy groups -OCH3 is 1. The number of unbranched alkanes of at least 4 members (excludes halogenated alkanes) is 2. The van der Waals surface area contributed by atoms with Crippen LogP contribution in [0.25, 0.3) is 0 Å². The molecule has 18 heavy (non-hydrogen) atoms. The molecule has 0 unspecified atom stereocenters. The summed E-state index contributed by atoms with van der Waals surface area (Å²) in [7, 11) is 1.86. The first-order valence-corrected chi connectivity index (χ1v) is 8.06. The van der Waals surface area contributed by atoms with Crippen molar-refractivity contribution in [1.29, 1.82) is 0 Å². The smallest absolute Gasteiger partial charge is 0.0505 e. The van der Waals surface area contributed by atoms with Crippen molar-refractivity contribution in [3.8, 4) is 0 Å². The molecule has 0 bridgehead atoms. The molecule has 0 aromatic rings. The Morgan fingerprint density at radius 2 is 1.61 bits per heavy atom. The van der Waals surface area contributed by atoms with E-state index in [1.54, 1.807) is 0 Å². The van der Waals surface area contributed by atoms with Crippen LogP contribution in [-0.4, -0.2) is 37.7 Å². The summed E-state index contributed by atoms with van der Waals surface area (Å²) in [5.41, 5.74) is 0. The fourth-order valence-electron chi connectivity index (χ4n) is 3.24. The molecular weight excluding hydrogens is 222 g/mol. The van der Waals surface area contributed by atoms with Gasteiger partial charge in [-0.05, 0) is 44.7 Å². The van der Waals surface area contributed by atoms with Crippen LogP contribution in [0.1, 0.15) is 65.2 Å². The molecule has 0 aromatic heterocycles. The number of hydrogen-bond acceptors (Lipinski definition) is 2. The van der Waals surface area contributed by atoms with Crippen LogP contribution in [0.4, 0.5) is 0 Å². The zero-order chi connectivity index (χ0) is 13.2. The molecule has 0 saturated heterocycles. The highest BCUT2D eigenvalue weighted by Gasteiger charge is 2.29. The lowest BCUT2D eigenvalue weighted by atomic mass is 9.83. The number of ether oxygens (including phenoxy) is 1. The first-order valence-electron chi connectivity index (χ1n) is 8.06. The fraction of sp³-hybridized carbons (Fsp3) is 1.00. The molecule has 0 aliphatic heterocycles. The summed E-state index contributed by atoms with van der Waals surface area (Å²) in [5.74, 6) is 0.775. The third-order valence-electron chi connectivity index (χ3n) is 4.32. The Morgan fingerprint density at radius 3 is 2.17 bits per heavy atom. The van der Waals surface area contributed by atoms with Gasteiger partial charge >= 0.3 is 0 Å². The molecule has 0 aromatic carbocycles. The predicted molar refractivity (Wildman–Crippen MR) is 79.0 cm³/mol. The van der Waals surface area contributed by atoms with Gasteiger partial charge < -0.3 is 9.64 Å². The van der Waals surface area contributed by atoms with Crippen LogP contribution in [0.15, 0.2) is 0 Å². The van der Waals surface area contributed by atoms with E-state index in [-0.39, 0.29) is 0 Å². The van der Waals surface area contributed by atoms with Crippen molar-refractivity contribution in [2.24, 2.45) is 5.92 Å². The number of rotatable bonds is 9. The Hall–Kier alpha value is -0.0800. The van der Waals surface area contributed by atoms with Gasteiger partial charge in [-0.15, -0.1) is 0 Å². The molecule has 1 aliphatic rings. The van der Waals surface area contributed by atoms with Crippen molar-refractivity contribution in [3.05, 3.63) is 0 Å². The van der Waals surface area contributed by atoms with E-state index in [0.29, 0.717) is 0 Å². The molecule has 1 rings (SSSR count). The average molecular weight is 255 g/mol. The van der Waals surface area contributed by atoms with Crippen molar-refractivity contribution in [3.63, 3.8) is 0 Å². The standard InChI is InChI=1S/C16H33NO/c1-4-6-12-17(13-7-5-2)16-11-9-8-10-15(16)14-18-3/h15-16H,4-14H2,1-3H3/t15-,16+/m0/s1. The largest absolute Gasteiger partial charge is 0.384 e. The van der Waals surface area contributed by atoms with Crippen LogP contribution in [0.3, 0.4) is 0 Å². The molecular formula is C16H33NO. The lowest BCUT2D eigenvalue weighted by molar-refractivity contribution is 0.0453. The summed E-state index contributed by atoms with van der Waals surface area (Å²) in [6.45, 7) is 8.14. The van der Waals surface area contributed by atoms with E-state index in [0.717, 1.165) is 18.6 Å². The van der Waals surface area contributed by atoms with Crippen molar-refractivity contribution < 1.29 is 4.74 Å². The van der Waals surface area contributed by atoms with Gasteiger partial charge in [0.1, 0.15) is 0 Å². The van der Waals surface area contributed by atoms with Gasteiger partial charge in [-0.2, -0.15) is 0 Å². The first kappa shape index (κ1) is 16.0. The third-order valence-corrected chi connectivity index (χ3v) is 4.32. The Balaban J connectivity index is 2.54. The summed E-state index contributed by atoms with van der Waals surface area (Å²) in [5, 5.41) is 0. The van der Waals surface area contributed by atoms with E-state index in [2.05, 4.69) is 18.7 Å². The molecule has 2 atom stereocenters. The maximum absolute atomic E-state index is 5.44. The van der Waals surface area contributed by atoms with Gasteiger partial charge in [0.05, 0.1) is 6.61 Å². The summed E-state index contributed by atoms with van der Waals surface area (Å²) >= 11 is 0. The van der Waals surface area contributed by atoms with E-state index < -0.39 is 0 Å². The maximum atomic E-state index is 5.44. The summed E-state index contributed by atoms with van der Waals surface area (Å²) in [6.07, 6.45) is 10.9. The molecule has 1 fully saturated rings. The van der Waals surface area contributed by atoms with Crippen LogP contribution >= 0.6 is 0 Å². The average Bonchev–Trinajstić information content (AvgIpc) is 2.40. The van der Waals surface area contributed by atoms with Gasteiger partial charge in [-0.25, -0.2) is 0 Å². The molecule has 2 nitrogen and oxygen atoms in total. The predicted octanol–water partition coefficient (Wildman–Crippen LogP) is 4.09. The third kappa shape index (κ3) is 5.27. The zero-order valence-corrected chi connectivity index (χ0v) is 12.8. The fourth-order valence-corrected chi connectivity index (χ4v) is 3.24. The second-order valence-electron chi connectivity index (χ2n) is 5.81. The summed E-state index contributed by atoms with van der Waals surface area (Å²) in [6, 6.07) is 0.789. The van der Waals surface area contributed by atoms with Gasteiger partial charge in [0.25, 0.3) is 0 Å². The Morgan fingerprint density at radius 1 is 1.00 bits per heavy atom. The molecule has 0 radical (unpaired) electrons. The van der Waals surface area contributed by atoms with Crippen LogP contribution in [0, 0.1) is 5.92 Å². The lowest BCUT2D eigenvalue weighted by Gasteiger charge is -2.40. The molecule has 2 heteroatoms. The van der Waals surface area contributed by atoms with Gasteiger partial charge in [0, 0.05) is 13.2 Å². The summed E-state index contributed by atoms with van der Waals surface area (Å²) in [4.78, 5) is 2.77. The normalized spacial score (nSPS) is 24.7. The van der Waals surface area contributed by atoms with E-state index in [1.807, 2.05) is 7.11 Å².